The van der Waals surface area contributed by atoms with E-state index in [0.717, 1.165) is 35.4 Å². The first-order valence-corrected chi connectivity index (χ1v) is 8.80. The summed E-state index contributed by atoms with van der Waals surface area (Å²) in [5, 5.41) is 15.3. The number of aromatic nitrogens is 2. The van der Waals surface area contributed by atoms with E-state index in [-0.39, 0.29) is 5.54 Å². The van der Waals surface area contributed by atoms with E-state index in [9.17, 15) is 5.11 Å². The van der Waals surface area contributed by atoms with Crippen LogP contribution >= 0.6 is 15.9 Å². The summed E-state index contributed by atoms with van der Waals surface area (Å²) in [4.78, 5) is 2.44. The zero-order valence-corrected chi connectivity index (χ0v) is 15.3. The van der Waals surface area contributed by atoms with Crippen molar-refractivity contribution in [1.29, 1.82) is 0 Å². The van der Waals surface area contributed by atoms with Gasteiger partial charge in [-0.05, 0) is 62.1 Å². The Morgan fingerprint density at radius 1 is 1.29 bits per heavy atom. The van der Waals surface area contributed by atoms with Crippen molar-refractivity contribution in [3.8, 4) is 0 Å². The molecule has 4 nitrogen and oxygen atoms in total. The van der Waals surface area contributed by atoms with E-state index in [2.05, 4.69) is 46.7 Å². The van der Waals surface area contributed by atoms with Crippen molar-refractivity contribution >= 4 is 15.9 Å². The van der Waals surface area contributed by atoms with Crippen LogP contribution in [0.25, 0.3) is 0 Å². The fourth-order valence-corrected chi connectivity index (χ4v) is 3.93. The van der Waals surface area contributed by atoms with Crippen LogP contribution in [0, 0.1) is 0 Å². The predicted molar refractivity (Wildman–Crippen MR) is 89.5 cm³/mol. The number of aryl methyl sites for hydroxylation is 2. The Morgan fingerprint density at radius 3 is 2.43 bits per heavy atom. The topological polar surface area (TPSA) is 41.3 Å². The van der Waals surface area contributed by atoms with E-state index < -0.39 is 6.10 Å². The lowest BCUT2D eigenvalue weighted by Crippen LogP contribution is -2.55. The highest BCUT2D eigenvalue weighted by molar-refractivity contribution is 9.10. The van der Waals surface area contributed by atoms with Crippen LogP contribution in [0.3, 0.4) is 0 Å². The molecule has 0 saturated carbocycles. The lowest BCUT2D eigenvalue weighted by Gasteiger charge is -2.44. The molecule has 5 heteroatoms. The first-order chi connectivity index (χ1) is 9.87. The summed E-state index contributed by atoms with van der Waals surface area (Å²) in [7, 11) is 1.96. The maximum Gasteiger partial charge on any atom is 0.0774 e. The van der Waals surface area contributed by atoms with E-state index >= 15 is 0 Å². The molecule has 120 valence electrons. The van der Waals surface area contributed by atoms with Crippen molar-refractivity contribution in [2.45, 2.75) is 64.5 Å². The Bertz CT molecular complexity index is 478. The summed E-state index contributed by atoms with van der Waals surface area (Å²) < 4.78 is 2.96. The monoisotopic (exact) mass is 357 g/mol. The molecule has 1 saturated heterocycles. The van der Waals surface area contributed by atoms with Crippen LogP contribution in [-0.2, 0) is 19.9 Å². The van der Waals surface area contributed by atoms with Crippen molar-refractivity contribution in [3.63, 3.8) is 0 Å². The minimum atomic E-state index is -0.396. The Morgan fingerprint density at radius 2 is 1.90 bits per heavy atom. The van der Waals surface area contributed by atoms with Gasteiger partial charge in [0, 0.05) is 19.0 Å². The molecule has 2 rings (SSSR count). The Balaban J connectivity index is 2.13. The number of aliphatic hydroxyl groups excluding tert-OH is 1. The molecule has 1 aromatic heterocycles. The van der Waals surface area contributed by atoms with Gasteiger partial charge >= 0.3 is 0 Å². The number of hydrogen-bond acceptors (Lipinski definition) is 3. The second kappa shape index (κ2) is 6.80. The predicted octanol–water partition coefficient (Wildman–Crippen LogP) is 2.91. The van der Waals surface area contributed by atoms with E-state index in [1.165, 1.54) is 19.3 Å². The quantitative estimate of drug-likeness (QED) is 0.880. The van der Waals surface area contributed by atoms with E-state index in [1.807, 2.05) is 11.7 Å². The number of piperidine rings is 1. The number of halogens is 1. The van der Waals surface area contributed by atoms with Crippen molar-refractivity contribution in [1.82, 2.24) is 14.7 Å². The maximum absolute atomic E-state index is 10.8. The first-order valence-electron chi connectivity index (χ1n) is 8.01. The highest BCUT2D eigenvalue weighted by atomic mass is 79.9. The standard InChI is InChI=1S/C16H28BrN3O/c1-5-12-15(17)13(19(4)18-12)11-14(21)16(2,3)20-9-7-6-8-10-20/h14,21H,5-11H2,1-4H3. The summed E-state index contributed by atoms with van der Waals surface area (Å²) in [5.74, 6) is 0. The summed E-state index contributed by atoms with van der Waals surface area (Å²) in [5.41, 5.74) is 1.95. The smallest absolute Gasteiger partial charge is 0.0774 e. The molecule has 1 N–H and O–H groups in total. The van der Waals surface area contributed by atoms with Gasteiger partial charge in [-0.1, -0.05) is 13.3 Å². The van der Waals surface area contributed by atoms with Gasteiger partial charge in [0.25, 0.3) is 0 Å². The number of nitrogens with zero attached hydrogens (tertiary/aromatic N) is 3. The Hall–Kier alpha value is -0.390. The van der Waals surface area contributed by atoms with Gasteiger partial charge in [0.15, 0.2) is 0 Å². The van der Waals surface area contributed by atoms with Crippen molar-refractivity contribution in [2.75, 3.05) is 13.1 Å². The molecule has 1 atom stereocenters. The van der Waals surface area contributed by atoms with Crippen LogP contribution in [0.2, 0.25) is 0 Å². The molecule has 1 fully saturated rings. The third-order valence-electron chi connectivity index (χ3n) is 4.88. The van der Waals surface area contributed by atoms with Gasteiger partial charge in [-0.2, -0.15) is 5.10 Å². The van der Waals surface area contributed by atoms with E-state index in [0.29, 0.717) is 6.42 Å². The Kier molecular flexibility index (Phi) is 5.49. The van der Waals surface area contributed by atoms with Gasteiger partial charge in [0.2, 0.25) is 0 Å². The van der Waals surface area contributed by atoms with Crippen LogP contribution < -0.4 is 0 Å². The molecule has 2 heterocycles. The molecule has 0 aromatic carbocycles. The number of likely N-dealkylation sites (tertiary alicyclic amines) is 1. The Labute approximate surface area is 136 Å². The maximum atomic E-state index is 10.8. The average Bonchev–Trinajstić information content (AvgIpc) is 2.75. The fraction of sp³-hybridized carbons (Fsp3) is 0.812. The third-order valence-corrected chi connectivity index (χ3v) is 5.79. The number of aliphatic hydroxyl groups is 1. The summed E-state index contributed by atoms with van der Waals surface area (Å²) in [6, 6.07) is 0. The molecule has 1 unspecified atom stereocenters. The normalized spacial score (nSPS) is 19.0. The molecule has 1 aromatic rings. The van der Waals surface area contributed by atoms with E-state index in [4.69, 9.17) is 0 Å². The summed E-state index contributed by atoms with van der Waals surface area (Å²) in [6.07, 6.45) is 4.94. The van der Waals surface area contributed by atoms with Crippen molar-refractivity contribution in [3.05, 3.63) is 15.9 Å². The van der Waals surface area contributed by atoms with Crippen LogP contribution in [0.15, 0.2) is 4.47 Å². The first kappa shape index (κ1) is 17.0. The van der Waals surface area contributed by atoms with Gasteiger partial charge in [0.05, 0.1) is 22.0 Å². The zero-order chi connectivity index (χ0) is 15.6. The minimum Gasteiger partial charge on any atom is -0.391 e. The van der Waals surface area contributed by atoms with Gasteiger partial charge in [-0.25, -0.2) is 0 Å². The molecule has 0 radical (unpaired) electrons. The second-order valence-corrected chi connectivity index (χ2v) is 7.40. The molecule has 0 spiro atoms. The molecule has 0 bridgehead atoms. The molecule has 1 aliphatic rings. The number of hydrogen-bond donors (Lipinski definition) is 1. The van der Waals surface area contributed by atoms with Gasteiger partial charge in [-0.15, -0.1) is 0 Å². The van der Waals surface area contributed by atoms with Crippen molar-refractivity contribution in [2.24, 2.45) is 7.05 Å². The van der Waals surface area contributed by atoms with Crippen LogP contribution in [-0.4, -0.2) is 44.5 Å². The third kappa shape index (κ3) is 3.51. The average molecular weight is 358 g/mol. The largest absolute Gasteiger partial charge is 0.391 e. The molecule has 21 heavy (non-hydrogen) atoms. The van der Waals surface area contributed by atoms with Crippen LogP contribution in [0.4, 0.5) is 0 Å². The lowest BCUT2D eigenvalue weighted by molar-refractivity contribution is -0.0195. The highest BCUT2D eigenvalue weighted by Gasteiger charge is 2.35. The van der Waals surface area contributed by atoms with Crippen molar-refractivity contribution < 1.29 is 5.11 Å². The minimum absolute atomic E-state index is 0.198. The van der Waals surface area contributed by atoms with Gasteiger partial charge in [0.1, 0.15) is 0 Å². The van der Waals surface area contributed by atoms with Crippen LogP contribution in [0.1, 0.15) is 51.4 Å². The SMILES string of the molecule is CCc1nn(C)c(CC(O)C(C)(C)N2CCCCC2)c1Br. The zero-order valence-electron chi connectivity index (χ0n) is 13.7. The van der Waals surface area contributed by atoms with Gasteiger partial charge in [-0.3, -0.25) is 9.58 Å². The summed E-state index contributed by atoms with van der Waals surface area (Å²) >= 11 is 3.65. The van der Waals surface area contributed by atoms with Gasteiger partial charge < -0.3 is 5.11 Å². The number of rotatable bonds is 5. The summed E-state index contributed by atoms with van der Waals surface area (Å²) in [6.45, 7) is 8.61. The lowest BCUT2D eigenvalue weighted by atomic mass is 9.89. The fourth-order valence-electron chi connectivity index (χ4n) is 3.16. The molecular formula is C16H28BrN3O. The molecule has 0 aliphatic carbocycles. The molecule has 0 amide bonds. The van der Waals surface area contributed by atoms with E-state index in [1.54, 1.807) is 0 Å². The highest BCUT2D eigenvalue weighted by Crippen LogP contribution is 2.29. The second-order valence-electron chi connectivity index (χ2n) is 6.61. The molecule has 1 aliphatic heterocycles. The van der Waals surface area contributed by atoms with Crippen LogP contribution in [0.5, 0.6) is 0 Å². The molecular weight excluding hydrogens is 330 g/mol.